The summed E-state index contributed by atoms with van der Waals surface area (Å²) in [4.78, 5) is 7.46. The van der Waals surface area contributed by atoms with Crippen LogP contribution in [0.15, 0.2) is 42.7 Å². The Morgan fingerprint density at radius 1 is 1.12 bits per heavy atom. The van der Waals surface area contributed by atoms with Gasteiger partial charge < -0.3 is 4.98 Å². The molecule has 0 atom stereocenters. The second-order valence-electron chi connectivity index (χ2n) is 4.10. The number of H-pyrrole nitrogens is 1. The van der Waals surface area contributed by atoms with Crippen LogP contribution in [-0.2, 0) is 0 Å². The standard InChI is InChI=1S/C14H11FN2/c1-9-6-10(2-3-12(9)15)11-7-14-13(17-8-11)4-5-16-14/h2-8,16H,1H3. The maximum Gasteiger partial charge on any atom is 0.126 e. The summed E-state index contributed by atoms with van der Waals surface area (Å²) < 4.78 is 13.2. The number of benzene rings is 1. The molecule has 0 bridgehead atoms. The van der Waals surface area contributed by atoms with E-state index in [9.17, 15) is 4.39 Å². The number of hydrogen-bond acceptors (Lipinski definition) is 1. The van der Waals surface area contributed by atoms with Crippen LogP contribution in [-0.4, -0.2) is 9.97 Å². The SMILES string of the molecule is Cc1cc(-c2cnc3cc[nH]c3c2)ccc1F. The Kier molecular flexibility index (Phi) is 2.18. The first-order valence-corrected chi connectivity index (χ1v) is 5.44. The minimum atomic E-state index is -0.178. The molecule has 2 aromatic heterocycles. The average Bonchev–Trinajstić information content (AvgIpc) is 2.79. The lowest BCUT2D eigenvalue weighted by Crippen LogP contribution is -1.85. The molecule has 0 aliphatic rings. The van der Waals surface area contributed by atoms with Crippen molar-refractivity contribution in [2.45, 2.75) is 6.92 Å². The molecule has 0 aliphatic heterocycles. The Bertz CT molecular complexity index is 686. The summed E-state index contributed by atoms with van der Waals surface area (Å²) >= 11 is 0. The van der Waals surface area contributed by atoms with Crippen LogP contribution in [0.25, 0.3) is 22.2 Å². The van der Waals surface area contributed by atoms with Gasteiger partial charge in [0.25, 0.3) is 0 Å². The van der Waals surface area contributed by atoms with Crippen molar-refractivity contribution in [2.75, 3.05) is 0 Å². The van der Waals surface area contributed by atoms with Gasteiger partial charge in [0.15, 0.2) is 0 Å². The predicted octanol–water partition coefficient (Wildman–Crippen LogP) is 3.68. The number of hydrogen-bond donors (Lipinski definition) is 1. The summed E-state index contributed by atoms with van der Waals surface area (Å²) in [6.45, 7) is 1.76. The summed E-state index contributed by atoms with van der Waals surface area (Å²) in [6.07, 6.45) is 3.67. The lowest BCUT2D eigenvalue weighted by molar-refractivity contribution is 0.619. The monoisotopic (exact) mass is 226 g/mol. The topological polar surface area (TPSA) is 28.7 Å². The van der Waals surface area contributed by atoms with Gasteiger partial charge in [-0.2, -0.15) is 0 Å². The summed E-state index contributed by atoms with van der Waals surface area (Å²) in [5, 5.41) is 0. The molecule has 0 radical (unpaired) electrons. The first-order chi connectivity index (χ1) is 8.24. The molecule has 0 saturated carbocycles. The average molecular weight is 226 g/mol. The van der Waals surface area contributed by atoms with Gasteiger partial charge in [0.05, 0.1) is 11.0 Å². The second kappa shape index (κ2) is 3.70. The molecule has 0 amide bonds. The Labute approximate surface area is 98.1 Å². The molecular weight excluding hydrogens is 215 g/mol. The smallest absolute Gasteiger partial charge is 0.126 e. The highest BCUT2D eigenvalue weighted by molar-refractivity contribution is 5.80. The van der Waals surface area contributed by atoms with Gasteiger partial charge in [-0.25, -0.2) is 4.39 Å². The van der Waals surface area contributed by atoms with E-state index in [1.807, 2.05) is 30.6 Å². The van der Waals surface area contributed by atoms with Gasteiger partial charge in [-0.15, -0.1) is 0 Å². The van der Waals surface area contributed by atoms with E-state index in [-0.39, 0.29) is 5.82 Å². The molecule has 0 saturated heterocycles. The molecule has 0 aliphatic carbocycles. The largest absolute Gasteiger partial charge is 0.360 e. The van der Waals surface area contributed by atoms with E-state index < -0.39 is 0 Å². The zero-order valence-corrected chi connectivity index (χ0v) is 9.37. The van der Waals surface area contributed by atoms with E-state index in [0.29, 0.717) is 5.56 Å². The summed E-state index contributed by atoms with van der Waals surface area (Å²) in [5.41, 5.74) is 4.54. The van der Waals surface area contributed by atoms with Gasteiger partial charge in [-0.3, -0.25) is 4.98 Å². The maximum atomic E-state index is 13.2. The Hall–Kier alpha value is -2.16. The van der Waals surface area contributed by atoms with E-state index in [1.165, 1.54) is 6.07 Å². The second-order valence-corrected chi connectivity index (χ2v) is 4.10. The van der Waals surface area contributed by atoms with Crippen LogP contribution < -0.4 is 0 Å². The van der Waals surface area contributed by atoms with Gasteiger partial charge in [0.1, 0.15) is 5.82 Å². The predicted molar refractivity (Wildman–Crippen MR) is 66.2 cm³/mol. The highest BCUT2D eigenvalue weighted by atomic mass is 19.1. The molecule has 3 heteroatoms. The molecule has 84 valence electrons. The Morgan fingerprint density at radius 2 is 2.00 bits per heavy atom. The van der Waals surface area contributed by atoms with Gasteiger partial charge >= 0.3 is 0 Å². The molecule has 1 aromatic carbocycles. The van der Waals surface area contributed by atoms with E-state index in [4.69, 9.17) is 0 Å². The van der Waals surface area contributed by atoms with E-state index >= 15 is 0 Å². The Balaban J connectivity index is 2.16. The number of nitrogens with zero attached hydrogens (tertiary/aromatic N) is 1. The number of aromatic amines is 1. The fourth-order valence-electron chi connectivity index (χ4n) is 1.92. The van der Waals surface area contributed by atoms with Crippen molar-refractivity contribution in [1.82, 2.24) is 9.97 Å². The number of aryl methyl sites for hydroxylation is 1. The number of pyridine rings is 1. The molecular formula is C14H11FN2. The number of aromatic nitrogens is 2. The lowest BCUT2D eigenvalue weighted by Gasteiger charge is -2.03. The van der Waals surface area contributed by atoms with Crippen LogP contribution in [0.3, 0.4) is 0 Å². The normalized spacial score (nSPS) is 10.9. The number of fused-ring (bicyclic) bond motifs is 1. The highest BCUT2D eigenvalue weighted by Gasteiger charge is 2.04. The maximum absolute atomic E-state index is 13.2. The summed E-state index contributed by atoms with van der Waals surface area (Å²) in [7, 11) is 0. The van der Waals surface area contributed by atoms with Crippen LogP contribution in [0, 0.1) is 12.7 Å². The van der Waals surface area contributed by atoms with Gasteiger partial charge in [-0.1, -0.05) is 6.07 Å². The van der Waals surface area contributed by atoms with E-state index in [2.05, 4.69) is 9.97 Å². The molecule has 1 N–H and O–H groups in total. The third kappa shape index (κ3) is 1.69. The number of rotatable bonds is 1. The van der Waals surface area contributed by atoms with Crippen molar-refractivity contribution in [1.29, 1.82) is 0 Å². The zero-order chi connectivity index (χ0) is 11.8. The summed E-state index contributed by atoms with van der Waals surface area (Å²) in [6, 6.07) is 9.04. The molecule has 2 nitrogen and oxygen atoms in total. The molecule has 2 heterocycles. The van der Waals surface area contributed by atoms with Crippen LogP contribution in [0.2, 0.25) is 0 Å². The van der Waals surface area contributed by atoms with Crippen LogP contribution in [0.4, 0.5) is 4.39 Å². The molecule has 3 rings (SSSR count). The van der Waals surface area contributed by atoms with Crippen molar-refractivity contribution in [3.63, 3.8) is 0 Å². The minimum Gasteiger partial charge on any atom is -0.360 e. The molecule has 0 spiro atoms. The number of nitrogens with one attached hydrogen (secondary N) is 1. The van der Waals surface area contributed by atoms with Crippen molar-refractivity contribution in [2.24, 2.45) is 0 Å². The van der Waals surface area contributed by atoms with Crippen molar-refractivity contribution < 1.29 is 4.39 Å². The van der Waals surface area contributed by atoms with Crippen molar-refractivity contribution in [3.05, 3.63) is 54.1 Å². The van der Waals surface area contributed by atoms with E-state index in [0.717, 1.165) is 22.2 Å². The van der Waals surface area contributed by atoms with Gasteiger partial charge in [0, 0.05) is 18.0 Å². The minimum absolute atomic E-state index is 0.178. The van der Waals surface area contributed by atoms with Crippen LogP contribution >= 0.6 is 0 Å². The summed E-state index contributed by atoms with van der Waals surface area (Å²) in [5.74, 6) is -0.178. The molecule has 3 aromatic rings. The zero-order valence-electron chi connectivity index (χ0n) is 9.37. The fraction of sp³-hybridized carbons (Fsp3) is 0.0714. The van der Waals surface area contributed by atoms with E-state index in [1.54, 1.807) is 13.0 Å². The van der Waals surface area contributed by atoms with Gasteiger partial charge in [-0.05, 0) is 42.3 Å². The lowest BCUT2D eigenvalue weighted by atomic mass is 10.0. The number of halogens is 1. The van der Waals surface area contributed by atoms with Crippen molar-refractivity contribution in [3.8, 4) is 11.1 Å². The Morgan fingerprint density at radius 3 is 2.82 bits per heavy atom. The molecule has 0 unspecified atom stereocenters. The van der Waals surface area contributed by atoms with Crippen molar-refractivity contribution >= 4 is 11.0 Å². The molecule has 17 heavy (non-hydrogen) atoms. The third-order valence-electron chi connectivity index (χ3n) is 2.89. The molecule has 0 fully saturated rings. The first kappa shape index (κ1) is 10.0. The fourth-order valence-corrected chi connectivity index (χ4v) is 1.92. The third-order valence-corrected chi connectivity index (χ3v) is 2.89. The quantitative estimate of drug-likeness (QED) is 0.673. The van der Waals surface area contributed by atoms with Gasteiger partial charge in [0.2, 0.25) is 0 Å². The highest BCUT2D eigenvalue weighted by Crippen LogP contribution is 2.23. The van der Waals surface area contributed by atoms with Crippen LogP contribution in [0.1, 0.15) is 5.56 Å². The van der Waals surface area contributed by atoms with Crippen LogP contribution in [0.5, 0.6) is 0 Å². The first-order valence-electron chi connectivity index (χ1n) is 5.44.